The van der Waals surface area contributed by atoms with Gasteiger partial charge < -0.3 is 10.2 Å². The van der Waals surface area contributed by atoms with Crippen LogP contribution in [0.4, 0.5) is 0 Å². The first-order valence-corrected chi connectivity index (χ1v) is 6.26. The molecule has 0 saturated heterocycles. The third-order valence-corrected chi connectivity index (χ3v) is 3.78. The highest BCUT2D eigenvalue weighted by Crippen LogP contribution is 2.13. The van der Waals surface area contributed by atoms with Crippen molar-refractivity contribution in [3.05, 3.63) is 29.8 Å². The van der Waals surface area contributed by atoms with Crippen molar-refractivity contribution in [2.75, 3.05) is 5.75 Å². The second kappa shape index (κ2) is 4.96. The molecule has 0 bridgehead atoms. The molecule has 6 nitrogen and oxygen atoms in total. The summed E-state index contributed by atoms with van der Waals surface area (Å²) in [6, 6.07) is 4.63. The van der Waals surface area contributed by atoms with Crippen molar-refractivity contribution in [3.8, 4) is 0 Å². The smallest absolute Gasteiger partial charge is 0.335 e. The summed E-state index contributed by atoms with van der Waals surface area (Å²) in [6.45, 7) is 0. The second-order valence-electron chi connectivity index (χ2n) is 3.29. The molecule has 2 N–H and O–H groups in total. The molecule has 0 unspecified atom stereocenters. The highest BCUT2D eigenvalue weighted by atomic mass is 32.2. The Morgan fingerprint density at radius 2 is 1.59 bits per heavy atom. The maximum atomic E-state index is 11.6. The highest BCUT2D eigenvalue weighted by Gasteiger charge is 2.16. The van der Waals surface area contributed by atoms with Crippen LogP contribution < -0.4 is 0 Å². The molecule has 0 aliphatic rings. The molecule has 1 aromatic carbocycles. The molecule has 0 spiro atoms. The number of sulfone groups is 1. The van der Waals surface area contributed by atoms with Crippen LogP contribution in [0.1, 0.15) is 16.8 Å². The van der Waals surface area contributed by atoms with Crippen LogP contribution in [-0.4, -0.2) is 36.3 Å². The minimum absolute atomic E-state index is 0.0258. The van der Waals surface area contributed by atoms with Crippen LogP contribution in [-0.2, 0) is 14.6 Å². The minimum atomic E-state index is -3.67. The van der Waals surface area contributed by atoms with E-state index in [2.05, 4.69) is 0 Å². The predicted octanol–water partition coefficient (Wildman–Crippen LogP) is 0.633. The van der Waals surface area contributed by atoms with Crippen LogP contribution in [0.2, 0.25) is 0 Å². The third kappa shape index (κ3) is 3.56. The lowest BCUT2D eigenvalue weighted by Gasteiger charge is -2.03. The van der Waals surface area contributed by atoms with Gasteiger partial charge in [-0.25, -0.2) is 13.2 Å². The number of rotatable bonds is 5. The number of aromatic carboxylic acids is 1. The average Bonchev–Trinajstić information content (AvgIpc) is 2.27. The van der Waals surface area contributed by atoms with Crippen molar-refractivity contribution >= 4 is 21.8 Å². The monoisotopic (exact) mass is 258 g/mol. The Hall–Kier alpha value is -1.89. The number of hydrogen-bond acceptors (Lipinski definition) is 4. The van der Waals surface area contributed by atoms with Gasteiger partial charge in [0, 0.05) is 0 Å². The Kier molecular flexibility index (Phi) is 3.84. The molecule has 0 atom stereocenters. The Morgan fingerprint density at radius 3 is 2.00 bits per heavy atom. The molecule has 1 aromatic rings. The van der Waals surface area contributed by atoms with Crippen LogP contribution in [0, 0.1) is 0 Å². The second-order valence-corrected chi connectivity index (χ2v) is 5.40. The summed E-state index contributed by atoms with van der Waals surface area (Å²) in [5.74, 6) is -2.86. The Bertz CT molecular complexity index is 528. The van der Waals surface area contributed by atoms with Gasteiger partial charge in [-0.1, -0.05) is 0 Å². The minimum Gasteiger partial charge on any atom is -0.481 e. The van der Waals surface area contributed by atoms with E-state index in [0.29, 0.717) is 0 Å². The molecule has 1 rings (SSSR count). The van der Waals surface area contributed by atoms with Crippen molar-refractivity contribution in [1.29, 1.82) is 0 Å². The lowest BCUT2D eigenvalue weighted by atomic mass is 10.2. The normalized spacial score (nSPS) is 11.1. The molecule has 92 valence electrons. The number of carbonyl (C=O) groups is 2. The number of carboxylic acids is 2. The van der Waals surface area contributed by atoms with Crippen LogP contribution in [0.3, 0.4) is 0 Å². The van der Waals surface area contributed by atoms with Gasteiger partial charge in [0.05, 0.1) is 22.6 Å². The molecule has 17 heavy (non-hydrogen) atoms. The summed E-state index contributed by atoms with van der Waals surface area (Å²) in [4.78, 5) is 20.7. The molecule has 0 aliphatic carbocycles. The average molecular weight is 258 g/mol. The first-order chi connectivity index (χ1) is 7.83. The lowest BCUT2D eigenvalue weighted by Crippen LogP contribution is -2.11. The quantitative estimate of drug-likeness (QED) is 0.801. The fraction of sp³-hybridized carbons (Fsp3) is 0.200. The number of carboxylic acid groups (broad SMARTS) is 2. The molecule has 0 aliphatic heterocycles. The molecular formula is C10H10O6S. The summed E-state index contributed by atoms with van der Waals surface area (Å²) >= 11 is 0. The molecule has 0 saturated carbocycles. The molecular weight excluding hydrogens is 248 g/mol. The van der Waals surface area contributed by atoms with Crippen LogP contribution in [0.5, 0.6) is 0 Å². The van der Waals surface area contributed by atoms with Gasteiger partial charge in [-0.05, 0) is 24.3 Å². The summed E-state index contributed by atoms with van der Waals surface area (Å²) < 4.78 is 23.2. The van der Waals surface area contributed by atoms with Gasteiger partial charge in [-0.2, -0.15) is 0 Å². The summed E-state index contributed by atoms with van der Waals surface area (Å²) in [7, 11) is -3.67. The first kappa shape index (κ1) is 13.2. The molecule has 0 fully saturated rings. The fourth-order valence-corrected chi connectivity index (χ4v) is 2.37. The standard InChI is InChI=1S/C10H10O6S/c11-9(12)5-6-17(15,16)8-3-1-7(2-4-8)10(13)14/h1-4H,5-6H2,(H,11,12)(H,13,14). The summed E-state index contributed by atoms with van der Waals surface area (Å²) in [5.41, 5.74) is -0.0258. The maximum absolute atomic E-state index is 11.6. The zero-order chi connectivity index (χ0) is 13.1. The Balaban J connectivity index is 2.92. The Labute approximate surface area is 97.4 Å². The van der Waals surface area contributed by atoms with Crippen molar-refractivity contribution in [2.24, 2.45) is 0 Å². The zero-order valence-corrected chi connectivity index (χ0v) is 9.48. The number of benzene rings is 1. The van der Waals surface area contributed by atoms with E-state index in [0.717, 1.165) is 24.3 Å². The van der Waals surface area contributed by atoms with Crippen LogP contribution in [0.25, 0.3) is 0 Å². The predicted molar refractivity (Wildman–Crippen MR) is 57.7 cm³/mol. The van der Waals surface area contributed by atoms with E-state index in [1.165, 1.54) is 0 Å². The van der Waals surface area contributed by atoms with Crippen LogP contribution >= 0.6 is 0 Å². The van der Waals surface area contributed by atoms with E-state index in [4.69, 9.17) is 10.2 Å². The fourth-order valence-electron chi connectivity index (χ4n) is 1.14. The van der Waals surface area contributed by atoms with E-state index in [1.54, 1.807) is 0 Å². The van der Waals surface area contributed by atoms with Gasteiger partial charge in [0.1, 0.15) is 0 Å². The topological polar surface area (TPSA) is 109 Å². The van der Waals surface area contributed by atoms with E-state index in [9.17, 15) is 18.0 Å². The van der Waals surface area contributed by atoms with Gasteiger partial charge in [0.15, 0.2) is 9.84 Å². The third-order valence-electron chi connectivity index (χ3n) is 2.05. The SMILES string of the molecule is O=C(O)CCS(=O)(=O)c1ccc(C(=O)O)cc1. The van der Waals surface area contributed by atoms with Gasteiger partial charge >= 0.3 is 11.9 Å². The van der Waals surface area contributed by atoms with Crippen molar-refractivity contribution in [3.63, 3.8) is 0 Å². The van der Waals surface area contributed by atoms with Crippen molar-refractivity contribution in [1.82, 2.24) is 0 Å². The summed E-state index contributed by atoms with van der Waals surface area (Å²) in [5, 5.41) is 17.0. The number of aliphatic carboxylic acids is 1. The van der Waals surface area contributed by atoms with Crippen molar-refractivity contribution in [2.45, 2.75) is 11.3 Å². The van der Waals surface area contributed by atoms with E-state index in [-0.39, 0.29) is 10.5 Å². The molecule has 0 heterocycles. The van der Waals surface area contributed by atoms with Crippen molar-refractivity contribution < 1.29 is 28.2 Å². The maximum Gasteiger partial charge on any atom is 0.335 e. The van der Waals surface area contributed by atoms with Gasteiger partial charge in [0.2, 0.25) is 0 Å². The van der Waals surface area contributed by atoms with Gasteiger partial charge in [0.25, 0.3) is 0 Å². The molecule has 0 amide bonds. The molecule has 0 aromatic heterocycles. The molecule has 7 heteroatoms. The first-order valence-electron chi connectivity index (χ1n) is 4.61. The molecule has 0 radical (unpaired) electrons. The largest absolute Gasteiger partial charge is 0.481 e. The highest BCUT2D eigenvalue weighted by molar-refractivity contribution is 7.91. The van der Waals surface area contributed by atoms with Crippen LogP contribution in [0.15, 0.2) is 29.2 Å². The van der Waals surface area contributed by atoms with E-state index < -0.39 is 33.9 Å². The zero-order valence-electron chi connectivity index (χ0n) is 8.66. The Morgan fingerprint density at radius 1 is 1.06 bits per heavy atom. The van der Waals surface area contributed by atoms with E-state index >= 15 is 0 Å². The van der Waals surface area contributed by atoms with E-state index in [1.807, 2.05) is 0 Å². The van der Waals surface area contributed by atoms with Gasteiger partial charge in [-0.15, -0.1) is 0 Å². The van der Waals surface area contributed by atoms with Gasteiger partial charge in [-0.3, -0.25) is 4.79 Å². The summed E-state index contributed by atoms with van der Waals surface area (Å²) in [6.07, 6.45) is -0.483. The number of hydrogen-bond donors (Lipinski definition) is 2. The lowest BCUT2D eigenvalue weighted by molar-refractivity contribution is -0.136.